The molecule has 7 heteroatoms. The Morgan fingerprint density at radius 1 is 1.22 bits per heavy atom. The van der Waals surface area contributed by atoms with Crippen LogP contribution in [-0.4, -0.2) is 59.9 Å². The van der Waals surface area contributed by atoms with Gasteiger partial charge in [-0.2, -0.15) is 0 Å². The highest BCUT2D eigenvalue weighted by molar-refractivity contribution is 7.99. The van der Waals surface area contributed by atoms with Crippen molar-refractivity contribution in [2.75, 3.05) is 37.9 Å². The molecule has 1 fully saturated rings. The number of hydrogen-bond donors (Lipinski definition) is 0. The summed E-state index contributed by atoms with van der Waals surface area (Å²) in [6, 6.07) is 10.1. The number of amides is 1. The Labute approximate surface area is 164 Å². The maximum absolute atomic E-state index is 12.9. The van der Waals surface area contributed by atoms with Crippen LogP contribution in [0.4, 0.5) is 5.69 Å². The van der Waals surface area contributed by atoms with E-state index in [-0.39, 0.29) is 12.0 Å². The molecule has 0 bridgehead atoms. The Bertz CT molecular complexity index is 719. The quantitative estimate of drug-likeness (QED) is 0.514. The predicted molar refractivity (Wildman–Crippen MR) is 108 cm³/mol. The zero-order chi connectivity index (χ0) is 19.1. The van der Waals surface area contributed by atoms with E-state index in [1.807, 2.05) is 19.0 Å². The van der Waals surface area contributed by atoms with E-state index in [0.717, 1.165) is 30.7 Å². The normalized spacial score (nSPS) is 16.3. The largest absolute Gasteiger partial charge is 0.378 e. The Kier molecular flexibility index (Phi) is 7.06. The highest BCUT2D eigenvalue weighted by Gasteiger charge is 2.23. The summed E-state index contributed by atoms with van der Waals surface area (Å²) < 4.78 is 5.75. The van der Waals surface area contributed by atoms with Crippen molar-refractivity contribution >= 4 is 23.4 Å². The van der Waals surface area contributed by atoms with Crippen LogP contribution in [0.15, 0.2) is 47.9 Å². The van der Waals surface area contributed by atoms with Gasteiger partial charge in [-0.3, -0.25) is 4.79 Å². The molecule has 2 aromatic rings. The lowest BCUT2D eigenvalue weighted by molar-refractivity contribution is -0.130. The molecule has 1 atom stereocenters. The van der Waals surface area contributed by atoms with Crippen LogP contribution in [0, 0.1) is 0 Å². The van der Waals surface area contributed by atoms with Crippen molar-refractivity contribution in [2.45, 2.75) is 30.6 Å². The van der Waals surface area contributed by atoms with Crippen molar-refractivity contribution in [1.29, 1.82) is 0 Å². The van der Waals surface area contributed by atoms with Gasteiger partial charge < -0.3 is 14.5 Å². The third-order valence-corrected chi connectivity index (χ3v) is 5.35. The molecule has 1 aromatic carbocycles. The molecule has 3 rings (SSSR count). The molecule has 6 nitrogen and oxygen atoms in total. The fraction of sp³-hybridized carbons (Fsp3) is 0.450. The summed E-state index contributed by atoms with van der Waals surface area (Å²) in [5.74, 6) is 0.409. The van der Waals surface area contributed by atoms with Gasteiger partial charge in [-0.15, -0.1) is 0 Å². The first-order valence-corrected chi connectivity index (χ1v) is 10.2. The number of thioether (sulfide) groups is 1. The molecule has 0 aliphatic carbocycles. The van der Waals surface area contributed by atoms with Crippen molar-refractivity contribution in [3.8, 4) is 0 Å². The first-order valence-electron chi connectivity index (χ1n) is 9.17. The smallest absolute Gasteiger partial charge is 0.233 e. The predicted octanol–water partition coefficient (Wildman–Crippen LogP) is 2.84. The molecule has 2 heterocycles. The van der Waals surface area contributed by atoms with E-state index >= 15 is 0 Å². The van der Waals surface area contributed by atoms with E-state index in [9.17, 15) is 4.79 Å². The molecule has 0 saturated carbocycles. The van der Waals surface area contributed by atoms with Crippen molar-refractivity contribution in [3.63, 3.8) is 0 Å². The van der Waals surface area contributed by atoms with Gasteiger partial charge in [0, 0.05) is 51.9 Å². The topological polar surface area (TPSA) is 58.6 Å². The van der Waals surface area contributed by atoms with E-state index in [4.69, 9.17) is 4.74 Å². The molecule has 1 aliphatic heterocycles. The number of ether oxygens (including phenoxy) is 1. The Balaban J connectivity index is 1.64. The highest BCUT2D eigenvalue weighted by atomic mass is 32.2. The molecule has 1 saturated heterocycles. The molecule has 0 radical (unpaired) electrons. The number of nitrogens with zero attached hydrogens (tertiary/aromatic N) is 4. The molecule has 1 aromatic heterocycles. The van der Waals surface area contributed by atoms with Crippen LogP contribution >= 0.6 is 11.8 Å². The second-order valence-electron chi connectivity index (χ2n) is 6.79. The van der Waals surface area contributed by atoms with Crippen molar-refractivity contribution in [1.82, 2.24) is 14.9 Å². The molecule has 144 valence electrons. The van der Waals surface area contributed by atoms with E-state index in [2.05, 4.69) is 39.1 Å². The minimum atomic E-state index is 0.0830. The molecular formula is C20H26N4O2S. The number of aromatic nitrogens is 2. The van der Waals surface area contributed by atoms with Crippen molar-refractivity contribution in [2.24, 2.45) is 0 Å². The van der Waals surface area contributed by atoms with Gasteiger partial charge >= 0.3 is 0 Å². The Morgan fingerprint density at radius 2 is 1.96 bits per heavy atom. The van der Waals surface area contributed by atoms with E-state index < -0.39 is 0 Å². The lowest BCUT2D eigenvalue weighted by Gasteiger charge is -2.26. The first kappa shape index (κ1) is 19.6. The lowest BCUT2D eigenvalue weighted by atomic mass is 10.1. The van der Waals surface area contributed by atoms with Gasteiger partial charge in [0.2, 0.25) is 5.91 Å². The minimum Gasteiger partial charge on any atom is -0.378 e. The number of anilines is 1. The number of rotatable bonds is 8. The minimum absolute atomic E-state index is 0.0830. The van der Waals surface area contributed by atoms with E-state index in [1.165, 1.54) is 11.8 Å². The van der Waals surface area contributed by atoms with E-state index in [0.29, 0.717) is 24.0 Å². The fourth-order valence-electron chi connectivity index (χ4n) is 2.99. The van der Waals surface area contributed by atoms with Crippen LogP contribution in [0.25, 0.3) is 0 Å². The number of benzene rings is 1. The highest BCUT2D eigenvalue weighted by Crippen LogP contribution is 2.19. The molecule has 0 unspecified atom stereocenters. The van der Waals surface area contributed by atoms with Crippen LogP contribution in [0.2, 0.25) is 0 Å². The van der Waals surface area contributed by atoms with Crippen LogP contribution in [0.1, 0.15) is 18.4 Å². The maximum Gasteiger partial charge on any atom is 0.233 e. The molecule has 0 spiro atoms. The monoisotopic (exact) mass is 386 g/mol. The summed E-state index contributed by atoms with van der Waals surface area (Å²) in [6.45, 7) is 2.00. The molecule has 1 aliphatic rings. The van der Waals surface area contributed by atoms with Crippen molar-refractivity contribution < 1.29 is 9.53 Å². The SMILES string of the molecule is CN(C)c1ccc(CN(C[C@@H]2CCCO2)C(=O)CSc2ncccn2)cc1. The van der Waals surface area contributed by atoms with Gasteiger partial charge in [-0.05, 0) is 36.6 Å². The van der Waals surface area contributed by atoms with Crippen LogP contribution in [-0.2, 0) is 16.1 Å². The fourth-order valence-corrected chi connectivity index (χ4v) is 3.69. The number of hydrogen-bond acceptors (Lipinski definition) is 6. The molecule has 0 N–H and O–H groups in total. The summed E-state index contributed by atoms with van der Waals surface area (Å²) in [4.78, 5) is 25.2. The summed E-state index contributed by atoms with van der Waals surface area (Å²) in [6.07, 6.45) is 5.59. The van der Waals surface area contributed by atoms with Gasteiger partial charge in [0.15, 0.2) is 5.16 Å². The third-order valence-electron chi connectivity index (χ3n) is 4.49. The van der Waals surface area contributed by atoms with Crippen LogP contribution in [0.5, 0.6) is 0 Å². The summed E-state index contributed by atoms with van der Waals surface area (Å²) in [5, 5.41) is 0.623. The average Bonchev–Trinajstić information content (AvgIpc) is 3.20. The summed E-state index contributed by atoms with van der Waals surface area (Å²) >= 11 is 1.37. The third kappa shape index (κ3) is 5.94. The second-order valence-corrected chi connectivity index (χ2v) is 7.73. The van der Waals surface area contributed by atoms with Crippen LogP contribution < -0.4 is 4.90 Å². The lowest BCUT2D eigenvalue weighted by Crippen LogP contribution is -2.38. The zero-order valence-corrected chi connectivity index (χ0v) is 16.7. The molecule has 1 amide bonds. The van der Waals surface area contributed by atoms with E-state index in [1.54, 1.807) is 18.5 Å². The second kappa shape index (κ2) is 9.71. The maximum atomic E-state index is 12.9. The molecule has 27 heavy (non-hydrogen) atoms. The number of carbonyl (C=O) groups is 1. The van der Waals surface area contributed by atoms with Crippen LogP contribution in [0.3, 0.4) is 0 Å². The average molecular weight is 387 g/mol. The van der Waals surface area contributed by atoms with Gasteiger partial charge in [-0.25, -0.2) is 9.97 Å². The summed E-state index contributed by atoms with van der Waals surface area (Å²) in [7, 11) is 4.04. The van der Waals surface area contributed by atoms with Gasteiger partial charge in [0.05, 0.1) is 11.9 Å². The van der Waals surface area contributed by atoms with Gasteiger partial charge in [0.25, 0.3) is 0 Å². The van der Waals surface area contributed by atoms with Gasteiger partial charge in [0.1, 0.15) is 0 Å². The first-order chi connectivity index (χ1) is 13.1. The summed E-state index contributed by atoms with van der Waals surface area (Å²) in [5.41, 5.74) is 2.26. The zero-order valence-electron chi connectivity index (χ0n) is 15.9. The standard InChI is InChI=1S/C20H26N4O2S/c1-23(2)17-8-6-16(7-9-17)13-24(14-18-5-3-12-26-18)19(25)15-27-20-21-10-4-11-22-20/h4,6-11,18H,3,5,12-15H2,1-2H3/t18-/m0/s1. The van der Waals surface area contributed by atoms with Crippen molar-refractivity contribution in [3.05, 3.63) is 48.3 Å². The Hall–Kier alpha value is -2.12. The van der Waals surface area contributed by atoms with Gasteiger partial charge in [-0.1, -0.05) is 23.9 Å². The Morgan fingerprint density at radius 3 is 2.59 bits per heavy atom. The molecular weight excluding hydrogens is 360 g/mol. The number of carbonyl (C=O) groups excluding carboxylic acids is 1.